The molecule has 2 saturated heterocycles. The van der Waals surface area contributed by atoms with Crippen LogP contribution in [0.1, 0.15) is 25.7 Å². The lowest BCUT2D eigenvalue weighted by Crippen LogP contribution is -2.51. The van der Waals surface area contributed by atoms with Gasteiger partial charge in [0.2, 0.25) is 0 Å². The molecule has 0 aromatic carbocycles. The fourth-order valence-corrected chi connectivity index (χ4v) is 2.98. The minimum absolute atomic E-state index is 0.226. The van der Waals surface area contributed by atoms with E-state index in [9.17, 15) is 4.79 Å². The number of carbonyl (C=O) groups is 1. The molecule has 1 N–H and O–H groups in total. The Morgan fingerprint density at radius 3 is 2.63 bits per heavy atom. The van der Waals surface area contributed by atoms with E-state index in [1.54, 1.807) is 0 Å². The van der Waals surface area contributed by atoms with Gasteiger partial charge in [0.05, 0.1) is 13.2 Å². The summed E-state index contributed by atoms with van der Waals surface area (Å²) in [7, 11) is 0. The van der Waals surface area contributed by atoms with Crippen LogP contribution in [0.3, 0.4) is 0 Å². The van der Waals surface area contributed by atoms with Crippen LogP contribution in [0.4, 0.5) is 4.79 Å². The Morgan fingerprint density at radius 2 is 2.00 bits per heavy atom. The maximum absolute atomic E-state index is 12.6. The van der Waals surface area contributed by atoms with E-state index in [0.717, 1.165) is 38.6 Å². The van der Waals surface area contributed by atoms with Gasteiger partial charge in [0.1, 0.15) is 0 Å². The van der Waals surface area contributed by atoms with Crippen LogP contribution in [0.15, 0.2) is 0 Å². The first kappa shape index (κ1) is 13.2. The smallest absolute Gasteiger partial charge is 0.320 e. The molecule has 0 aromatic heterocycles. The highest BCUT2D eigenvalue weighted by Gasteiger charge is 2.31. The Balaban J connectivity index is 1.57. The van der Waals surface area contributed by atoms with Gasteiger partial charge < -0.3 is 19.9 Å². The fourth-order valence-electron chi connectivity index (χ4n) is 2.98. The van der Waals surface area contributed by atoms with E-state index in [2.05, 4.69) is 10.2 Å². The first-order valence-electron chi connectivity index (χ1n) is 7.68. The van der Waals surface area contributed by atoms with Gasteiger partial charge >= 0.3 is 6.03 Å². The zero-order valence-corrected chi connectivity index (χ0v) is 11.6. The normalized spacial score (nSPS) is 27.6. The van der Waals surface area contributed by atoms with E-state index in [-0.39, 0.29) is 6.03 Å². The Labute approximate surface area is 115 Å². The van der Waals surface area contributed by atoms with Gasteiger partial charge in [-0.05, 0) is 38.1 Å². The third kappa shape index (κ3) is 3.60. The van der Waals surface area contributed by atoms with E-state index in [1.807, 2.05) is 4.90 Å². The summed E-state index contributed by atoms with van der Waals surface area (Å²) < 4.78 is 5.33. The van der Waals surface area contributed by atoms with Crippen LogP contribution in [0.5, 0.6) is 0 Å². The molecule has 0 spiro atoms. The quantitative estimate of drug-likeness (QED) is 0.823. The molecule has 19 heavy (non-hydrogen) atoms. The van der Waals surface area contributed by atoms with Crippen molar-refractivity contribution in [3.8, 4) is 0 Å². The SMILES string of the molecule is O=C(N1CCOCC1)N(CC1CC1)CC1CCCN1. The van der Waals surface area contributed by atoms with Crippen molar-refractivity contribution >= 4 is 6.03 Å². The molecule has 1 aliphatic carbocycles. The number of carbonyl (C=O) groups excluding carboxylic acids is 1. The van der Waals surface area contributed by atoms with Gasteiger partial charge in [-0.25, -0.2) is 4.79 Å². The lowest BCUT2D eigenvalue weighted by atomic mass is 10.2. The predicted molar refractivity (Wildman–Crippen MR) is 73.1 cm³/mol. The number of nitrogens with one attached hydrogen (secondary N) is 1. The van der Waals surface area contributed by atoms with E-state index < -0.39 is 0 Å². The average molecular weight is 267 g/mol. The molecule has 0 aromatic rings. The monoisotopic (exact) mass is 267 g/mol. The molecule has 2 amide bonds. The van der Waals surface area contributed by atoms with Gasteiger partial charge in [0, 0.05) is 32.2 Å². The van der Waals surface area contributed by atoms with Gasteiger partial charge in [0.15, 0.2) is 0 Å². The summed E-state index contributed by atoms with van der Waals surface area (Å²) >= 11 is 0. The minimum atomic E-state index is 0.226. The molecule has 1 atom stereocenters. The molecule has 2 heterocycles. The molecule has 0 bridgehead atoms. The highest BCUT2D eigenvalue weighted by molar-refractivity contribution is 5.74. The van der Waals surface area contributed by atoms with E-state index in [0.29, 0.717) is 19.3 Å². The van der Waals surface area contributed by atoms with Crippen molar-refractivity contribution in [2.75, 3.05) is 45.9 Å². The van der Waals surface area contributed by atoms with Crippen LogP contribution >= 0.6 is 0 Å². The van der Waals surface area contributed by atoms with Crippen LogP contribution < -0.4 is 5.32 Å². The maximum Gasteiger partial charge on any atom is 0.320 e. The van der Waals surface area contributed by atoms with Crippen LogP contribution in [-0.4, -0.2) is 67.8 Å². The zero-order chi connectivity index (χ0) is 13.1. The predicted octanol–water partition coefficient (Wildman–Crippen LogP) is 0.903. The van der Waals surface area contributed by atoms with Crippen molar-refractivity contribution < 1.29 is 9.53 Å². The van der Waals surface area contributed by atoms with Gasteiger partial charge in [-0.1, -0.05) is 0 Å². The van der Waals surface area contributed by atoms with Crippen molar-refractivity contribution in [1.82, 2.24) is 15.1 Å². The molecule has 1 saturated carbocycles. The molecule has 5 heteroatoms. The summed E-state index contributed by atoms with van der Waals surface area (Å²) in [5, 5.41) is 3.50. The summed E-state index contributed by atoms with van der Waals surface area (Å²) in [6.45, 7) is 5.81. The summed E-state index contributed by atoms with van der Waals surface area (Å²) in [5.74, 6) is 0.756. The Bertz CT molecular complexity index is 308. The van der Waals surface area contributed by atoms with Gasteiger partial charge in [-0.3, -0.25) is 0 Å². The molecule has 2 aliphatic heterocycles. The second-order valence-corrected chi connectivity index (χ2v) is 6.02. The maximum atomic E-state index is 12.6. The molecule has 1 unspecified atom stereocenters. The highest BCUT2D eigenvalue weighted by atomic mass is 16.5. The number of hydrogen-bond donors (Lipinski definition) is 1. The van der Waals surface area contributed by atoms with Crippen molar-refractivity contribution in [3.63, 3.8) is 0 Å². The van der Waals surface area contributed by atoms with E-state index in [1.165, 1.54) is 25.7 Å². The third-order valence-electron chi connectivity index (χ3n) is 4.33. The average Bonchev–Trinajstić information content (AvgIpc) is 3.12. The summed E-state index contributed by atoms with van der Waals surface area (Å²) in [6.07, 6.45) is 5.04. The van der Waals surface area contributed by atoms with E-state index in [4.69, 9.17) is 4.74 Å². The molecule has 108 valence electrons. The summed E-state index contributed by atoms with van der Waals surface area (Å²) in [4.78, 5) is 16.7. The van der Waals surface area contributed by atoms with Crippen molar-refractivity contribution in [3.05, 3.63) is 0 Å². The van der Waals surface area contributed by atoms with Crippen molar-refractivity contribution in [1.29, 1.82) is 0 Å². The lowest BCUT2D eigenvalue weighted by molar-refractivity contribution is 0.0422. The number of morpholine rings is 1. The first-order valence-corrected chi connectivity index (χ1v) is 7.68. The van der Waals surface area contributed by atoms with Crippen molar-refractivity contribution in [2.24, 2.45) is 5.92 Å². The minimum Gasteiger partial charge on any atom is -0.378 e. The molecule has 5 nitrogen and oxygen atoms in total. The zero-order valence-electron chi connectivity index (χ0n) is 11.6. The number of hydrogen-bond acceptors (Lipinski definition) is 3. The number of nitrogens with zero attached hydrogens (tertiary/aromatic N) is 2. The fraction of sp³-hybridized carbons (Fsp3) is 0.929. The Morgan fingerprint density at radius 1 is 1.21 bits per heavy atom. The van der Waals surface area contributed by atoms with Crippen LogP contribution in [-0.2, 0) is 4.74 Å². The van der Waals surface area contributed by atoms with Gasteiger partial charge in [-0.2, -0.15) is 0 Å². The summed E-state index contributed by atoms with van der Waals surface area (Å²) in [6, 6.07) is 0.729. The molecule has 0 radical (unpaired) electrons. The van der Waals surface area contributed by atoms with Crippen LogP contribution in [0, 0.1) is 5.92 Å². The molecular formula is C14H25N3O2. The molecule has 3 fully saturated rings. The summed E-state index contributed by atoms with van der Waals surface area (Å²) in [5.41, 5.74) is 0. The number of rotatable bonds is 4. The number of amides is 2. The second kappa shape index (κ2) is 6.09. The highest BCUT2D eigenvalue weighted by Crippen LogP contribution is 2.30. The van der Waals surface area contributed by atoms with E-state index >= 15 is 0 Å². The lowest BCUT2D eigenvalue weighted by Gasteiger charge is -2.34. The molecule has 3 rings (SSSR count). The third-order valence-corrected chi connectivity index (χ3v) is 4.33. The van der Waals surface area contributed by atoms with Crippen LogP contribution in [0.25, 0.3) is 0 Å². The molecule has 3 aliphatic rings. The number of urea groups is 1. The Kier molecular flexibility index (Phi) is 4.23. The standard InChI is InChI=1S/C14H25N3O2/c18-14(16-6-8-19-9-7-16)17(10-12-3-4-12)11-13-2-1-5-15-13/h12-13,15H,1-11H2. The Hall–Kier alpha value is -0.810. The van der Waals surface area contributed by atoms with Crippen LogP contribution in [0.2, 0.25) is 0 Å². The van der Waals surface area contributed by atoms with Crippen molar-refractivity contribution in [2.45, 2.75) is 31.7 Å². The van der Waals surface area contributed by atoms with Gasteiger partial charge in [0.25, 0.3) is 0 Å². The largest absolute Gasteiger partial charge is 0.378 e. The van der Waals surface area contributed by atoms with Gasteiger partial charge in [-0.15, -0.1) is 0 Å². The first-order chi connectivity index (χ1) is 9.33. The molecular weight excluding hydrogens is 242 g/mol. The number of ether oxygens (including phenoxy) is 1. The topological polar surface area (TPSA) is 44.8 Å². The second-order valence-electron chi connectivity index (χ2n) is 6.02.